The van der Waals surface area contributed by atoms with Crippen LogP contribution in [0.3, 0.4) is 0 Å². The van der Waals surface area contributed by atoms with Gasteiger partial charge in [-0.1, -0.05) is 6.92 Å². The van der Waals surface area contributed by atoms with Gasteiger partial charge in [0.15, 0.2) is 5.78 Å². The number of Topliss-reactive ketones (excluding diaryl/α,β-unsaturated/α-hetero) is 1. The Morgan fingerprint density at radius 3 is 2.26 bits per heavy atom. The fourth-order valence-electron chi connectivity index (χ4n) is 4.19. The van der Waals surface area contributed by atoms with E-state index in [9.17, 15) is 50.3 Å². The zero-order chi connectivity index (χ0) is 29.1. The van der Waals surface area contributed by atoms with Crippen LogP contribution in [-0.4, -0.2) is 84.7 Å². The van der Waals surface area contributed by atoms with Crippen LogP contribution < -0.4 is 16.0 Å². The maximum atomic E-state index is 13.0. The van der Waals surface area contributed by atoms with Gasteiger partial charge in [0.05, 0.1) is 6.04 Å². The van der Waals surface area contributed by atoms with E-state index in [2.05, 4.69) is 15.4 Å². The molecule has 0 spiro atoms. The molecule has 4 atom stereocenters. The van der Waals surface area contributed by atoms with Gasteiger partial charge in [0.1, 0.15) is 12.1 Å². The summed E-state index contributed by atoms with van der Waals surface area (Å²) in [4.78, 5) is 62.5. The molecule has 0 radical (unpaired) electrons. The highest BCUT2D eigenvalue weighted by atomic mass is 19.4. The van der Waals surface area contributed by atoms with E-state index in [4.69, 9.17) is 0 Å². The van der Waals surface area contributed by atoms with Gasteiger partial charge in [-0.05, 0) is 38.5 Å². The summed E-state index contributed by atoms with van der Waals surface area (Å²) in [5.74, 6) is -6.53. The minimum absolute atomic E-state index is 0.0271. The number of ether oxygens (including phenoxy) is 1. The SMILES string of the molecule is C[C@@H]1CN(C(=O)C(=O)NC(C)(C)C(F)(F)F)C[C@H]1CC(=O)N[C@@H](C[C@@H]1CCNC1=O)C(=O)COC(F)(F)F. The van der Waals surface area contributed by atoms with Gasteiger partial charge in [-0.15, -0.1) is 13.2 Å². The molecule has 216 valence electrons. The van der Waals surface area contributed by atoms with E-state index >= 15 is 0 Å². The van der Waals surface area contributed by atoms with Crippen molar-refractivity contribution in [2.75, 3.05) is 26.2 Å². The molecule has 0 aliphatic carbocycles. The summed E-state index contributed by atoms with van der Waals surface area (Å²) in [5, 5.41) is 6.51. The van der Waals surface area contributed by atoms with Crippen molar-refractivity contribution in [3.63, 3.8) is 0 Å². The maximum absolute atomic E-state index is 13.0. The van der Waals surface area contributed by atoms with E-state index in [1.165, 1.54) is 0 Å². The molecule has 2 rings (SSSR count). The number of nitrogens with zero attached hydrogens (tertiary/aromatic N) is 1. The van der Waals surface area contributed by atoms with E-state index in [0.29, 0.717) is 26.8 Å². The molecular weight excluding hydrogens is 530 g/mol. The second-order valence-electron chi connectivity index (χ2n) is 10.1. The van der Waals surface area contributed by atoms with Crippen molar-refractivity contribution >= 4 is 29.4 Å². The van der Waals surface area contributed by atoms with Crippen molar-refractivity contribution in [1.82, 2.24) is 20.9 Å². The Morgan fingerprint density at radius 2 is 1.74 bits per heavy atom. The third-order valence-electron chi connectivity index (χ3n) is 6.62. The Labute approximate surface area is 214 Å². The lowest BCUT2D eigenvalue weighted by Crippen LogP contribution is -2.57. The number of likely N-dealkylation sites (tertiary alicyclic amines) is 1. The minimum atomic E-state index is -5.08. The number of amides is 4. The standard InChI is InChI=1S/C22H30F6N4O6/c1-11-8-32(19(37)18(36)31-20(2,3)21(23,24)25)9-13(11)7-16(34)30-14(6-12-4-5-29-17(12)35)15(33)10-38-22(26,27)28/h11-14H,4-10H2,1-3H3,(H,29,35)(H,30,34)(H,31,36)/t11-,12+,13-,14+/m1/s1. The van der Waals surface area contributed by atoms with Gasteiger partial charge in [0.25, 0.3) is 0 Å². The van der Waals surface area contributed by atoms with E-state index in [-0.39, 0.29) is 31.8 Å². The molecule has 0 saturated carbocycles. The molecule has 0 bridgehead atoms. The lowest BCUT2D eigenvalue weighted by molar-refractivity contribution is -0.321. The number of hydrogen-bond donors (Lipinski definition) is 3. The van der Waals surface area contributed by atoms with Crippen LogP contribution in [0.2, 0.25) is 0 Å². The molecule has 2 aliphatic heterocycles. The molecule has 2 aliphatic rings. The third kappa shape index (κ3) is 8.56. The second kappa shape index (κ2) is 11.9. The van der Waals surface area contributed by atoms with Gasteiger partial charge in [-0.3, -0.25) is 28.7 Å². The monoisotopic (exact) mass is 560 g/mol. The summed E-state index contributed by atoms with van der Waals surface area (Å²) >= 11 is 0. The molecule has 0 aromatic carbocycles. The molecule has 16 heteroatoms. The van der Waals surface area contributed by atoms with Crippen molar-refractivity contribution in [2.24, 2.45) is 17.8 Å². The van der Waals surface area contributed by atoms with Crippen LogP contribution in [0, 0.1) is 17.8 Å². The quantitative estimate of drug-likeness (QED) is 0.285. The predicted molar refractivity (Wildman–Crippen MR) is 117 cm³/mol. The van der Waals surface area contributed by atoms with Crippen LogP contribution in [0.1, 0.15) is 40.0 Å². The van der Waals surface area contributed by atoms with Crippen molar-refractivity contribution in [1.29, 1.82) is 0 Å². The van der Waals surface area contributed by atoms with Crippen LogP contribution in [0.5, 0.6) is 0 Å². The number of ketones is 1. The molecule has 0 unspecified atom stereocenters. The average molecular weight is 560 g/mol. The highest BCUT2D eigenvalue weighted by Gasteiger charge is 2.49. The third-order valence-corrected chi connectivity index (χ3v) is 6.62. The first-order valence-electron chi connectivity index (χ1n) is 11.8. The summed E-state index contributed by atoms with van der Waals surface area (Å²) in [7, 11) is 0. The molecule has 38 heavy (non-hydrogen) atoms. The number of halogens is 6. The Balaban J connectivity index is 2.00. The maximum Gasteiger partial charge on any atom is 0.522 e. The Kier molecular flexibility index (Phi) is 9.78. The Morgan fingerprint density at radius 1 is 1.11 bits per heavy atom. The van der Waals surface area contributed by atoms with Gasteiger partial charge in [0, 0.05) is 32.0 Å². The minimum Gasteiger partial charge on any atom is -0.356 e. The molecular formula is C22H30F6N4O6. The van der Waals surface area contributed by atoms with Gasteiger partial charge < -0.3 is 20.9 Å². The van der Waals surface area contributed by atoms with Crippen molar-refractivity contribution < 1.29 is 55.1 Å². The average Bonchev–Trinajstić information content (AvgIpc) is 3.34. The fourth-order valence-corrected chi connectivity index (χ4v) is 4.19. The first-order valence-corrected chi connectivity index (χ1v) is 11.8. The molecule has 2 saturated heterocycles. The van der Waals surface area contributed by atoms with E-state index in [1.807, 2.05) is 0 Å². The van der Waals surface area contributed by atoms with Crippen molar-refractivity contribution in [3.05, 3.63) is 0 Å². The molecule has 0 aromatic heterocycles. The van der Waals surface area contributed by atoms with Gasteiger partial charge in [0.2, 0.25) is 11.8 Å². The predicted octanol–water partition coefficient (Wildman–Crippen LogP) is 1.04. The van der Waals surface area contributed by atoms with Crippen molar-refractivity contribution in [2.45, 2.75) is 64.2 Å². The van der Waals surface area contributed by atoms with Gasteiger partial charge >= 0.3 is 24.4 Å². The van der Waals surface area contributed by atoms with Crippen LogP contribution in [0.15, 0.2) is 0 Å². The summed E-state index contributed by atoms with van der Waals surface area (Å²) in [6.45, 7) is 1.82. The highest BCUT2D eigenvalue weighted by molar-refractivity contribution is 6.35. The molecule has 0 aromatic rings. The Bertz CT molecular complexity index is 938. The van der Waals surface area contributed by atoms with E-state index in [1.54, 1.807) is 12.2 Å². The highest BCUT2D eigenvalue weighted by Crippen LogP contribution is 2.30. The zero-order valence-electron chi connectivity index (χ0n) is 20.9. The van der Waals surface area contributed by atoms with Gasteiger partial charge in [-0.25, -0.2) is 0 Å². The molecule has 3 N–H and O–H groups in total. The number of hydrogen-bond acceptors (Lipinski definition) is 6. The number of carbonyl (C=O) groups is 5. The lowest BCUT2D eigenvalue weighted by Gasteiger charge is -2.29. The summed E-state index contributed by atoms with van der Waals surface area (Å²) in [6, 6.07) is -1.44. The number of nitrogens with one attached hydrogen (secondary N) is 3. The topological polar surface area (TPSA) is 134 Å². The molecule has 10 nitrogen and oxygen atoms in total. The normalized spacial score (nSPS) is 23.1. The summed E-state index contributed by atoms with van der Waals surface area (Å²) < 4.78 is 79.8. The van der Waals surface area contributed by atoms with Gasteiger partial charge in [-0.2, -0.15) is 13.2 Å². The first-order chi connectivity index (χ1) is 17.3. The van der Waals surface area contributed by atoms with Crippen LogP contribution >= 0.6 is 0 Å². The second-order valence-corrected chi connectivity index (χ2v) is 10.1. The zero-order valence-corrected chi connectivity index (χ0v) is 20.9. The smallest absolute Gasteiger partial charge is 0.356 e. The fraction of sp³-hybridized carbons (Fsp3) is 0.773. The van der Waals surface area contributed by atoms with Crippen LogP contribution in [0.25, 0.3) is 0 Å². The number of carbonyl (C=O) groups excluding carboxylic acids is 5. The summed E-state index contributed by atoms with van der Waals surface area (Å²) in [6.07, 6.45) is -10.1. The molecule has 2 heterocycles. The number of alkyl halides is 6. The lowest BCUT2D eigenvalue weighted by atomic mass is 9.93. The van der Waals surface area contributed by atoms with Crippen molar-refractivity contribution in [3.8, 4) is 0 Å². The molecule has 4 amide bonds. The Hall–Kier alpha value is -2.91. The number of rotatable bonds is 9. The molecule has 2 fully saturated rings. The van der Waals surface area contributed by atoms with E-state index < -0.39 is 72.0 Å². The van der Waals surface area contributed by atoms with Crippen LogP contribution in [0.4, 0.5) is 26.3 Å². The largest absolute Gasteiger partial charge is 0.522 e. The van der Waals surface area contributed by atoms with E-state index in [0.717, 1.165) is 4.90 Å². The van der Waals surface area contributed by atoms with Crippen LogP contribution in [-0.2, 0) is 28.7 Å². The first kappa shape index (κ1) is 31.3. The summed E-state index contributed by atoms with van der Waals surface area (Å²) in [5.41, 5.74) is -2.65.